The van der Waals surface area contributed by atoms with E-state index in [0.29, 0.717) is 16.1 Å². The van der Waals surface area contributed by atoms with E-state index in [1.54, 1.807) is 36.1 Å². The van der Waals surface area contributed by atoms with E-state index < -0.39 is 0 Å². The summed E-state index contributed by atoms with van der Waals surface area (Å²) in [6.07, 6.45) is 1.73. The largest absolute Gasteiger partial charge is 0.304 e. The van der Waals surface area contributed by atoms with Gasteiger partial charge in [0.2, 0.25) is 4.74 Å². The Balaban J connectivity index is 1.97. The molecule has 0 aliphatic carbocycles. The van der Waals surface area contributed by atoms with E-state index in [4.69, 9.17) is 0 Å². The summed E-state index contributed by atoms with van der Waals surface area (Å²) in [5, 5.41) is 8.14. The molecule has 0 spiro atoms. The minimum atomic E-state index is -0.323. The molecule has 0 unspecified atom stereocenters. The lowest BCUT2D eigenvalue weighted by atomic mass is 10.2. The van der Waals surface area contributed by atoms with Gasteiger partial charge in [0, 0.05) is 24.7 Å². The highest BCUT2D eigenvalue weighted by Gasteiger charge is 2.11. The second-order valence-electron chi connectivity index (χ2n) is 4.31. The van der Waals surface area contributed by atoms with Gasteiger partial charge in [0.1, 0.15) is 0 Å². The van der Waals surface area contributed by atoms with E-state index in [-0.39, 0.29) is 10.6 Å². The average Bonchev–Trinajstić information content (AvgIpc) is 2.84. The third-order valence-electron chi connectivity index (χ3n) is 2.85. The lowest BCUT2D eigenvalue weighted by Crippen LogP contribution is -2.13. The van der Waals surface area contributed by atoms with Gasteiger partial charge in [0.25, 0.3) is 5.91 Å². The summed E-state index contributed by atoms with van der Waals surface area (Å²) in [6.45, 7) is 0. The van der Waals surface area contributed by atoms with E-state index in [9.17, 15) is 9.59 Å². The molecule has 0 bridgehead atoms. The molecule has 3 aromatic rings. The van der Waals surface area contributed by atoms with E-state index in [1.165, 1.54) is 0 Å². The minimum absolute atomic E-state index is 0.116. The van der Waals surface area contributed by atoms with E-state index in [2.05, 4.69) is 10.4 Å². The SMILES string of the molecule is Cn1ccc(NC(=O)c2cc3ccccc3c(=O)s2)n1. The van der Waals surface area contributed by atoms with Crippen LogP contribution in [0, 0.1) is 0 Å². The van der Waals surface area contributed by atoms with Gasteiger partial charge in [-0.25, -0.2) is 0 Å². The molecule has 1 N–H and O–H groups in total. The Bertz CT molecular complexity index is 851. The Morgan fingerprint density at radius 1 is 1.30 bits per heavy atom. The van der Waals surface area contributed by atoms with Gasteiger partial charge >= 0.3 is 0 Å². The van der Waals surface area contributed by atoms with Crippen LogP contribution in [0.3, 0.4) is 0 Å². The van der Waals surface area contributed by atoms with Gasteiger partial charge in [-0.2, -0.15) is 5.10 Å². The Morgan fingerprint density at radius 2 is 2.10 bits per heavy atom. The van der Waals surface area contributed by atoms with Crippen LogP contribution in [-0.2, 0) is 7.05 Å². The highest BCUT2D eigenvalue weighted by molar-refractivity contribution is 7.12. The standard InChI is InChI=1S/C14H11N3O2S/c1-17-7-6-12(16-17)15-13(18)11-8-9-4-2-3-5-10(9)14(19)20-11/h2-8H,1H3,(H,15,16,18). The Morgan fingerprint density at radius 3 is 2.85 bits per heavy atom. The van der Waals surface area contributed by atoms with Crippen LogP contribution in [-0.4, -0.2) is 15.7 Å². The van der Waals surface area contributed by atoms with Gasteiger partial charge in [-0.15, -0.1) is 0 Å². The summed E-state index contributed by atoms with van der Waals surface area (Å²) in [5.41, 5.74) is 0. The van der Waals surface area contributed by atoms with Gasteiger partial charge in [-0.05, 0) is 17.5 Å². The second kappa shape index (κ2) is 4.90. The van der Waals surface area contributed by atoms with Crippen LogP contribution in [0.15, 0.2) is 47.4 Å². The third kappa shape index (κ3) is 2.33. The fraction of sp³-hybridized carbons (Fsp3) is 0.0714. The van der Waals surface area contributed by atoms with Crippen LogP contribution >= 0.6 is 11.3 Å². The Hall–Kier alpha value is -2.47. The normalized spacial score (nSPS) is 10.7. The molecule has 20 heavy (non-hydrogen) atoms. The molecular formula is C14H11N3O2S. The van der Waals surface area contributed by atoms with Gasteiger partial charge in [-0.1, -0.05) is 29.5 Å². The maximum Gasteiger partial charge on any atom is 0.267 e. The summed E-state index contributed by atoms with van der Waals surface area (Å²) in [4.78, 5) is 24.5. The van der Waals surface area contributed by atoms with Gasteiger partial charge in [0.15, 0.2) is 5.82 Å². The van der Waals surface area contributed by atoms with Crippen LogP contribution in [0.2, 0.25) is 0 Å². The number of aryl methyl sites for hydroxylation is 1. The van der Waals surface area contributed by atoms with Gasteiger partial charge in [-0.3, -0.25) is 14.3 Å². The van der Waals surface area contributed by atoms with Crippen molar-refractivity contribution >= 4 is 33.8 Å². The van der Waals surface area contributed by atoms with Crippen molar-refractivity contribution in [3.63, 3.8) is 0 Å². The lowest BCUT2D eigenvalue weighted by molar-refractivity contribution is 0.103. The van der Waals surface area contributed by atoms with Gasteiger partial charge < -0.3 is 5.32 Å². The first kappa shape index (κ1) is 12.6. The Kier molecular flexibility index (Phi) is 3.08. The smallest absolute Gasteiger partial charge is 0.267 e. The number of rotatable bonds is 2. The van der Waals surface area contributed by atoms with Crippen LogP contribution in [0.5, 0.6) is 0 Å². The molecule has 0 aliphatic rings. The summed E-state index contributed by atoms with van der Waals surface area (Å²) in [6, 6.07) is 10.6. The molecule has 0 radical (unpaired) electrons. The number of anilines is 1. The maximum absolute atomic E-state index is 12.1. The number of aromatic nitrogens is 2. The van der Waals surface area contributed by atoms with E-state index in [1.807, 2.05) is 18.2 Å². The summed E-state index contributed by atoms with van der Waals surface area (Å²) < 4.78 is 1.48. The molecule has 1 amide bonds. The molecule has 6 heteroatoms. The van der Waals surface area contributed by atoms with Gasteiger partial charge in [0.05, 0.1) is 4.88 Å². The van der Waals surface area contributed by atoms with Crippen LogP contribution in [0.4, 0.5) is 5.82 Å². The molecule has 1 aromatic carbocycles. The molecule has 5 nitrogen and oxygen atoms in total. The first-order chi connectivity index (χ1) is 9.63. The highest BCUT2D eigenvalue weighted by Crippen LogP contribution is 2.16. The summed E-state index contributed by atoms with van der Waals surface area (Å²) in [7, 11) is 1.77. The fourth-order valence-electron chi connectivity index (χ4n) is 1.91. The predicted octanol–water partition coefficient (Wildman–Crippen LogP) is 2.25. The summed E-state index contributed by atoms with van der Waals surface area (Å²) in [5.74, 6) is 0.141. The van der Waals surface area contributed by atoms with Crippen molar-refractivity contribution in [3.8, 4) is 0 Å². The first-order valence-electron chi connectivity index (χ1n) is 5.97. The number of hydrogen-bond acceptors (Lipinski definition) is 4. The molecule has 3 rings (SSSR count). The van der Waals surface area contributed by atoms with Crippen molar-refractivity contribution in [3.05, 3.63) is 57.0 Å². The monoisotopic (exact) mass is 285 g/mol. The number of hydrogen-bond donors (Lipinski definition) is 1. The zero-order valence-electron chi connectivity index (χ0n) is 10.7. The predicted molar refractivity (Wildman–Crippen MR) is 79.3 cm³/mol. The van der Waals surface area contributed by atoms with Crippen molar-refractivity contribution in [2.45, 2.75) is 0 Å². The zero-order valence-corrected chi connectivity index (χ0v) is 11.5. The topological polar surface area (TPSA) is 64.0 Å². The van der Waals surface area contributed by atoms with Crippen molar-refractivity contribution in [2.75, 3.05) is 5.32 Å². The van der Waals surface area contributed by atoms with Crippen LogP contribution in [0.25, 0.3) is 10.8 Å². The number of nitrogens with one attached hydrogen (secondary N) is 1. The third-order valence-corrected chi connectivity index (χ3v) is 3.78. The number of benzene rings is 1. The molecule has 100 valence electrons. The van der Waals surface area contributed by atoms with E-state index in [0.717, 1.165) is 16.7 Å². The number of carbonyl (C=O) groups excluding carboxylic acids is 1. The summed E-state index contributed by atoms with van der Waals surface area (Å²) >= 11 is 0.939. The van der Waals surface area contributed by atoms with E-state index >= 15 is 0 Å². The molecule has 0 fully saturated rings. The number of carbonyl (C=O) groups is 1. The number of amides is 1. The lowest BCUT2D eigenvalue weighted by Gasteiger charge is -2.02. The average molecular weight is 285 g/mol. The van der Waals surface area contributed by atoms with Crippen molar-refractivity contribution in [1.82, 2.24) is 9.78 Å². The number of nitrogens with zero attached hydrogens (tertiary/aromatic N) is 2. The van der Waals surface area contributed by atoms with Crippen LogP contribution < -0.4 is 10.1 Å². The molecule has 2 heterocycles. The van der Waals surface area contributed by atoms with Crippen LogP contribution in [0.1, 0.15) is 9.67 Å². The number of fused-ring (bicyclic) bond motifs is 1. The van der Waals surface area contributed by atoms with Crippen molar-refractivity contribution < 1.29 is 4.79 Å². The Labute approximate surface area is 118 Å². The fourth-order valence-corrected chi connectivity index (χ4v) is 2.73. The zero-order chi connectivity index (χ0) is 14.1. The molecule has 0 saturated heterocycles. The molecule has 0 saturated carbocycles. The molecule has 0 atom stereocenters. The van der Waals surface area contributed by atoms with Crippen molar-refractivity contribution in [1.29, 1.82) is 0 Å². The van der Waals surface area contributed by atoms with Crippen molar-refractivity contribution in [2.24, 2.45) is 7.05 Å². The first-order valence-corrected chi connectivity index (χ1v) is 6.79. The molecular weight excluding hydrogens is 274 g/mol. The highest BCUT2D eigenvalue weighted by atomic mass is 32.1. The minimum Gasteiger partial charge on any atom is -0.304 e. The molecule has 0 aliphatic heterocycles. The maximum atomic E-state index is 12.1. The second-order valence-corrected chi connectivity index (χ2v) is 5.33. The molecule has 2 aromatic heterocycles. The quantitative estimate of drug-likeness (QED) is 0.785.